The van der Waals surface area contributed by atoms with Crippen molar-refractivity contribution in [3.05, 3.63) is 76.1 Å². The summed E-state index contributed by atoms with van der Waals surface area (Å²) in [7, 11) is 1.64. The number of benzene rings is 2. The molecule has 6 nitrogen and oxygen atoms in total. The number of amides is 1. The van der Waals surface area contributed by atoms with Crippen molar-refractivity contribution < 1.29 is 13.9 Å². The topological polar surface area (TPSA) is 71.8 Å². The predicted octanol–water partition coefficient (Wildman–Crippen LogP) is 3.79. The minimum absolute atomic E-state index is 0. The Kier molecular flexibility index (Phi) is 7.13. The summed E-state index contributed by atoms with van der Waals surface area (Å²) >= 11 is 0. The van der Waals surface area contributed by atoms with Gasteiger partial charge in [-0.2, -0.15) is 0 Å². The Morgan fingerprint density at radius 1 is 1.13 bits per heavy atom. The molecule has 0 aliphatic carbocycles. The first kappa shape index (κ1) is 21.9. The van der Waals surface area contributed by atoms with Crippen molar-refractivity contribution in [2.75, 3.05) is 26.7 Å². The number of carbonyl (C=O) groups is 1. The molecule has 1 atom stereocenters. The van der Waals surface area contributed by atoms with Gasteiger partial charge in [0.05, 0.1) is 18.5 Å². The van der Waals surface area contributed by atoms with Crippen molar-refractivity contribution in [3.8, 4) is 5.75 Å². The Bertz CT molecular complexity index is 1060. The van der Waals surface area contributed by atoms with Crippen LogP contribution < -0.4 is 15.5 Å². The molecule has 0 saturated carbocycles. The number of carbonyl (C=O) groups excluding carboxylic acids is 1. The Labute approximate surface area is 181 Å². The third-order valence-electron chi connectivity index (χ3n) is 5.40. The zero-order chi connectivity index (χ0) is 20.2. The third-order valence-corrected chi connectivity index (χ3v) is 5.40. The molecule has 0 radical (unpaired) electrons. The lowest BCUT2D eigenvalue weighted by atomic mass is 10.1. The molecule has 2 aromatic carbocycles. The number of para-hydroxylation sites is 1. The quantitative estimate of drug-likeness (QED) is 0.646. The van der Waals surface area contributed by atoms with Crippen LogP contribution in [0, 0.1) is 0 Å². The number of nitrogens with zero attached hydrogens (tertiary/aromatic N) is 1. The maximum absolute atomic E-state index is 12.7. The molecule has 7 heteroatoms. The molecule has 0 bridgehead atoms. The van der Waals surface area contributed by atoms with E-state index in [2.05, 4.69) is 10.2 Å². The van der Waals surface area contributed by atoms with E-state index in [1.807, 2.05) is 24.3 Å². The lowest BCUT2D eigenvalue weighted by Crippen LogP contribution is -2.37. The van der Waals surface area contributed by atoms with Gasteiger partial charge in [-0.05, 0) is 55.8 Å². The van der Waals surface area contributed by atoms with Crippen molar-refractivity contribution in [1.29, 1.82) is 0 Å². The van der Waals surface area contributed by atoms with Gasteiger partial charge in [-0.15, -0.1) is 12.4 Å². The number of halogens is 1. The fourth-order valence-corrected chi connectivity index (χ4v) is 3.83. The highest BCUT2D eigenvalue weighted by atomic mass is 35.5. The van der Waals surface area contributed by atoms with Crippen LogP contribution >= 0.6 is 12.4 Å². The molecule has 4 rings (SSSR count). The number of nitrogens with one attached hydrogen (secondary N) is 1. The molecular weight excluding hydrogens is 404 g/mol. The summed E-state index contributed by atoms with van der Waals surface area (Å²) in [5.41, 5.74) is 1.31. The van der Waals surface area contributed by atoms with E-state index in [1.54, 1.807) is 31.4 Å². The van der Waals surface area contributed by atoms with Crippen LogP contribution in [0.3, 0.4) is 0 Å². The summed E-state index contributed by atoms with van der Waals surface area (Å²) in [4.78, 5) is 27.4. The summed E-state index contributed by atoms with van der Waals surface area (Å²) in [6.07, 6.45) is 2.31. The minimum atomic E-state index is -0.384. The van der Waals surface area contributed by atoms with Gasteiger partial charge < -0.3 is 14.5 Å². The summed E-state index contributed by atoms with van der Waals surface area (Å²) in [6.45, 7) is 2.43. The van der Waals surface area contributed by atoms with Gasteiger partial charge in [-0.25, -0.2) is 0 Å². The second kappa shape index (κ2) is 9.78. The van der Waals surface area contributed by atoms with E-state index >= 15 is 0 Å². The van der Waals surface area contributed by atoms with E-state index in [9.17, 15) is 9.59 Å². The molecule has 158 valence electrons. The summed E-state index contributed by atoms with van der Waals surface area (Å²) in [5.74, 6) is 0.449. The van der Waals surface area contributed by atoms with Crippen LogP contribution in [0.15, 0.2) is 63.8 Å². The third kappa shape index (κ3) is 4.66. The summed E-state index contributed by atoms with van der Waals surface area (Å²) in [5, 5.41) is 3.42. The van der Waals surface area contributed by atoms with Gasteiger partial charge in [-0.1, -0.05) is 24.3 Å². The molecule has 1 saturated heterocycles. The molecule has 1 unspecified atom stereocenters. The average Bonchev–Trinajstić information content (AvgIpc) is 3.29. The monoisotopic (exact) mass is 428 g/mol. The van der Waals surface area contributed by atoms with Crippen molar-refractivity contribution in [2.24, 2.45) is 0 Å². The van der Waals surface area contributed by atoms with Crippen molar-refractivity contribution in [1.82, 2.24) is 10.2 Å². The second-order valence-electron chi connectivity index (χ2n) is 7.21. The summed E-state index contributed by atoms with van der Waals surface area (Å²) in [6, 6.07) is 16.2. The summed E-state index contributed by atoms with van der Waals surface area (Å²) < 4.78 is 10.9. The number of likely N-dealkylation sites (tertiary alicyclic amines) is 1. The first-order valence-corrected chi connectivity index (χ1v) is 9.85. The molecule has 1 fully saturated rings. The van der Waals surface area contributed by atoms with E-state index in [0.29, 0.717) is 17.5 Å². The SMILES string of the molecule is COc1ccc(C(CNC(=O)c2cc(=O)c3ccccc3o2)N2CCCC2)cc1.Cl. The lowest BCUT2D eigenvalue weighted by molar-refractivity contribution is 0.0910. The van der Waals surface area contributed by atoms with Gasteiger partial charge in [-0.3, -0.25) is 14.5 Å². The predicted molar refractivity (Wildman–Crippen MR) is 119 cm³/mol. The standard InChI is InChI=1S/C23H24N2O4.ClH/c1-28-17-10-8-16(9-11-17)19(25-12-4-5-13-25)15-24-23(27)22-14-20(26)18-6-2-3-7-21(18)29-22;/h2-3,6-11,14,19H,4-5,12-13,15H2,1H3,(H,24,27);1H. The zero-order valence-electron chi connectivity index (χ0n) is 16.8. The first-order chi connectivity index (χ1) is 14.2. The van der Waals surface area contributed by atoms with Crippen LogP contribution in [0.25, 0.3) is 11.0 Å². The number of rotatable bonds is 6. The molecule has 1 aliphatic rings. The van der Waals surface area contributed by atoms with Crippen molar-refractivity contribution in [3.63, 3.8) is 0 Å². The van der Waals surface area contributed by atoms with Crippen molar-refractivity contribution in [2.45, 2.75) is 18.9 Å². The Balaban J connectivity index is 0.00000256. The lowest BCUT2D eigenvalue weighted by Gasteiger charge is -2.28. The van der Waals surface area contributed by atoms with Crippen LogP contribution in [-0.2, 0) is 0 Å². The minimum Gasteiger partial charge on any atom is -0.497 e. The number of hydrogen-bond donors (Lipinski definition) is 1. The van der Waals surface area contributed by atoms with Gasteiger partial charge in [0.15, 0.2) is 11.2 Å². The highest BCUT2D eigenvalue weighted by Gasteiger charge is 2.24. The van der Waals surface area contributed by atoms with Crippen LogP contribution in [0.5, 0.6) is 5.75 Å². The molecule has 1 amide bonds. The number of hydrogen-bond acceptors (Lipinski definition) is 5. The van der Waals surface area contributed by atoms with Crippen LogP contribution in [0.2, 0.25) is 0 Å². The molecule has 30 heavy (non-hydrogen) atoms. The van der Waals surface area contributed by atoms with Gasteiger partial charge in [0.25, 0.3) is 5.91 Å². The molecule has 3 aromatic rings. The fourth-order valence-electron chi connectivity index (χ4n) is 3.83. The van der Waals surface area contributed by atoms with Gasteiger partial charge in [0, 0.05) is 12.6 Å². The molecular formula is C23H25ClN2O4. The van der Waals surface area contributed by atoms with Crippen molar-refractivity contribution >= 4 is 29.3 Å². The highest BCUT2D eigenvalue weighted by molar-refractivity contribution is 5.93. The Morgan fingerprint density at radius 3 is 2.53 bits per heavy atom. The largest absolute Gasteiger partial charge is 0.497 e. The average molecular weight is 429 g/mol. The Morgan fingerprint density at radius 2 is 1.83 bits per heavy atom. The maximum atomic E-state index is 12.7. The van der Waals surface area contributed by atoms with E-state index < -0.39 is 0 Å². The van der Waals surface area contributed by atoms with E-state index in [-0.39, 0.29) is 35.5 Å². The molecule has 2 heterocycles. The number of methoxy groups -OCH3 is 1. The highest BCUT2D eigenvalue weighted by Crippen LogP contribution is 2.26. The molecule has 1 N–H and O–H groups in total. The Hall–Kier alpha value is -2.83. The number of fused-ring (bicyclic) bond motifs is 1. The van der Waals surface area contributed by atoms with E-state index in [1.165, 1.54) is 6.07 Å². The van der Waals surface area contributed by atoms with Crippen LogP contribution in [0.1, 0.15) is 35.0 Å². The maximum Gasteiger partial charge on any atom is 0.287 e. The number of ether oxygens (including phenoxy) is 1. The second-order valence-corrected chi connectivity index (χ2v) is 7.21. The molecule has 1 aliphatic heterocycles. The van der Waals surface area contributed by atoms with Gasteiger partial charge >= 0.3 is 0 Å². The fraction of sp³-hybridized carbons (Fsp3) is 0.304. The van der Waals surface area contributed by atoms with Crippen LogP contribution in [0.4, 0.5) is 0 Å². The normalized spacial score (nSPS) is 14.8. The molecule has 1 aromatic heterocycles. The van der Waals surface area contributed by atoms with Crippen LogP contribution in [-0.4, -0.2) is 37.6 Å². The van der Waals surface area contributed by atoms with E-state index in [0.717, 1.165) is 37.2 Å². The smallest absolute Gasteiger partial charge is 0.287 e. The molecule has 0 spiro atoms. The van der Waals surface area contributed by atoms with E-state index in [4.69, 9.17) is 9.15 Å². The van der Waals surface area contributed by atoms with Gasteiger partial charge in [0.2, 0.25) is 0 Å². The zero-order valence-corrected chi connectivity index (χ0v) is 17.6. The van der Waals surface area contributed by atoms with Gasteiger partial charge in [0.1, 0.15) is 11.3 Å². The first-order valence-electron chi connectivity index (χ1n) is 9.85.